The smallest absolute Gasteiger partial charge is 0.130 e. The maximum absolute atomic E-state index is 13.9. The van der Waals surface area contributed by atoms with E-state index in [0.717, 1.165) is 30.5 Å². The average Bonchev–Trinajstić information content (AvgIpc) is 2.22. The van der Waals surface area contributed by atoms with Gasteiger partial charge in [-0.05, 0) is 25.5 Å². The van der Waals surface area contributed by atoms with Gasteiger partial charge in [0.15, 0.2) is 0 Å². The van der Waals surface area contributed by atoms with Gasteiger partial charge in [0, 0.05) is 11.6 Å². The van der Waals surface area contributed by atoms with Crippen molar-refractivity contribution in [2.75, 3.05) is 6.54 Å². The second-order valence-corrected chi connectivity index (χ2v) is 3.88. The average molecular weight is 209 g/mol. The molecule has 0 fully saturated rings. The van der Waals surface area contributed by atoms with Crippen LogP contribution in [0.15, 0.2) is 18.2 Å². The van der Waals surface area contributed by atoms with Crippen LogP contribution in [0.3, 0.4) is 0 Å². The lowest BCUT2D eigenvalue weighted by Gasteiger charge is -2.18. The monoisotopic (exact) mass is 209 g/mol. The summed E-state index contributed by atoms with van der Waals surface area (Å²) in [6.45, 7) is 6.86. The molecule has 1 rings (SSSR count). The molecule has 0 amide bonds. The van der Waals surface area contributed by atoms with Crippen molar-refractivity contribution < 1.29 is 4.39 Å². The van der Waals surface area contributed by atoms with Gasteiger partial charge in [-0.1, -0.05) is 38.5 Å². The van der Waals surface area contributed by atoms with Crippen molar-refractivity contribution in [3.8, 4) is 0 Å². The van der Waals surface area contributed by atoms with E-state index in [1.165, 1.54) is 0 Å². The Morgan fingerprint density at radius 2 is 2.07 bits per heavy atom. The third-order valence-corrected chi connectivity index (χ3v) is 2.62. The molecule has 0 aliphatic carbocycles. The molecule has 2 heteroatoms. The molecule has 1 nitrogen and oxygen atoms in total. The minimum Gasteiger partial charge on any atom is -0.310 e. The molecule has 0 spiro atoms. The normalized spacial score (nSPS) is 12.8. The molecule has 1 unspecified atom stereocenters. The van der Waals surface area contributed by atoms with Crippen LogP contribution in [0.1, 0.15) is 43.9 Å². The molecule has 84 valence electrons. The third kappa shape index (κ3) is 3.03. The van der Waals surface area contributed by atoms with Gasteiger partial charge in [-0.15, -0.1) is 0 Å². The lowest BCUT2D eigenvalue weighted by Crippen LogP contribution is -2.22. The Labute approximate surface area is 91.7 Å². The summed E-state index contributed by atoms with van der Waals surface area (Å²) < 4.78 is 13.9. The van der Waals surface area contributed by atoms with Crippen LogP contribution < -0.4 is 5.32 Å². The Bertz CT molecular complexity index is 303. The zero-order valence-electron chi connectivity index (χ0n) is 9.81. The zero-order valence-corrected chi connectivity index (χ0v) is 9.81. The van der Waals surface area contributed by atoms with Gasteiger partial charge in [0.05, 0.1) is 0 Å². The number of aryl methyl sites for hydroxylation is 1. The topological polar surface area (TPSA) is 12.0 Å². The molecule has 15 heavy (non-hydrogen) atoms. The molecular formula is C13H20FN. The quantitative estimate of drug-likeness (QED) is 0.781. The minimum atomic E-state index is -0.0584. The van der Waals surface area contributed by atoms with Gasteiger partial charge in [0.1, 0.15) is 5.82 Å². The molecule has 0 bridgehead atoms. The van der Waals surface area contributed by atoms with Gasteiger partial charge in [-0.3, -0.25) is 0 Å². The summed E-state index contributed by atoms with van der Waals surface area (Å²) in [5, 5.41) is 3.33. The predicted molar refractivity (Wildman–Crippen MR) is 62.5 cm³/mol. The van der Waals surface area contributed by atoms with Crippen LogP contribution in [0.25, 0.3) is 0 Å². The Kier molecular flexibility index (Phi) is 4.76. The second-order valence-electron chi connectivity index (χ2n) is 3.88. The predicted octanol–water partition coefficient (Wildman–Crippen LogP) is 3.58. The second kappa shape index (κ2) is 5.86. The lowest BCUT2D eigenvalue weighted by atomic mass is 9.99. The lowest BCUT2D eigenvalue weighted by molar-refractivity contribution is 0.479. The Morgan fingerprint density at radius 3 is 2.67 bits per heavy atom. The van der Waals surface area contributed by atoms with E-state index in [0.29, 0.717) is 0 Å². The zero-order chi connectivity index (χ0) is 11.3. The highest BCUT2D eigenvalue weighted by molar-refractivity contribution is 5.27. The van der Waals surface area contributed by atoms with Gasteiger partial charge in [-0.25, -0.2) is 4.39 Å². The molecule has 1 aromatic rings. The molecule has 0 saturated heterocycles. The molecular weight excluding hydrogens is 189 g/mol. The maximum atomic E-state index is 13.9. The highest BCUT2D eigenvalue weighted by atomic mass is 19.1. The Hall–Kier alpha value is -0.890. The molecule has 0 aromatic heterocycles. The molecule has 0 aliphatic rings. The van der Waals surface area contributed by atoms with Crippen molar-refractivity contribution in [1.29, 1.82) is 0 Å². The summed E-state index contributed by atoms with van der Waals surface area (Å²) in [6.07, 6.45) is 2.04. The van der Waals surface area contributed by atoms with E-state index in [2.05, 4.69) is 19.2 Å². The van der Waals surface area contributed by atoms with E-state index in [4.69, 9.17) is 0 Å². The van der Waals surface area contributed by atoms with Crippen molar-refractivity contribution in [3.05, 3.63) is 35.1 Å². The number of benzene rings is 1. The van der Waals surface area contributed by atoms with Crippen molar-refractivity contribution >= 4 is 0 Å². The summed E-state index contributed by atoms with van der Waals surface area (Å²) in [5.41, 5.74) is 1.53. The fourth-order valence-electron chi connectivity index (χ4n) is 1.84. The highest BCUT2D eigenvalue weighted by Gasteiger charge is 2.14. The van der Waals surface area contributed by atoms with E-state index in [-0.39, 0.29) is 11.9 Å². The van der Waals surface area contributed by atoms with Crippen molar-refractivity contribution in [1.82, 2.24) is 5.32 Å². The fourth-order valence-corrected chi connectivity index (χ4v) is 1.84. The first-order valence-corrected chi connectivity index (χ1v) is 5.69. The van der Waals surface area contributed by atoms with Gasteiger partial charge in [0.25, 0.3) is 0 Å². The number of hydrogen-bond donors (Lipinski definition) is 1. The number of halogens is 1. The minimum absolute atomic E-state index is 0.0584. The number of hydrogen-bond acceptors (Lipinski definition) is 1. The number of rotatable bonds is 5. The van der Waals surface area contributed by atoms with Crippen LogP contribution in [0.4, 0.5) is 4.39 Å². The largest absolute Gasteiger partial charge is 0.310 e. The fraction of sp³-hybridized carbons (Fsp3) is 0.538. The van der Waals surface area contributed by atoms with Crippen molar-refractivity contribution in [3.63, 3.8) is 0 Å². The van der Waals surface area contributed by atoms with Gasteiger partial charge in [0.2, 0.25) is 0 Å². The van der Waals surface area contributed by atoms with Crippen LogP contribution in [0.5, 0.6) is 0 Å². The first-order valence-electron chi connectivity index (χ1n) is 5.69. The molecule has 1 aromatic carbocycles. The SMILES string of the molecule is CCCC(NCC)c1cccc(C)c1F. The highest BCUT2D eigenvalue weighted by Crippen LogP contribution is 2.23. The van der Waals surface area contributed by atoms with Gasteiger partial charge in [-0.2, -0.15) is 0 Å². The third-order valence-electron chi connectivity index (χ3n) is 2.62. The van der Waals surface area contributed by atoms with Crippen molar-refractivity contribution in [2.45, 2.75) is 39.7 Å². The summed E-state index contributed by atoms with van der Waals surface area (Å²) in [6, 6.07) is 5.77. The van der Waals surface area contributed by atoms with E-state index in [1.807, 2.05) is 25.1 Å². The Balaban J connectivity index is 2.94. The molecule has 1 N–H and O–H groups in total. The standard InChI is InChI=1S/C13H20FN/c1-4-7-12(15-5-2)11-9-6-8-10(3)13(11)14/h6,8-9,12,15H,4-5,7H2,1-3H3. The maximum Gasteiger partial charge on any atom is 0.130 e. The summed E-state index contributed by atoms with van der Waals surface area (Å²) in [7, 11) is 0. The van der Waals surface area contributed by atoms with E-state index in [1.54, 1.807) is 0 Å². The van der Waals surface area contributed by atoms with Crippen LogP contribution >= 0.6 is 0 Å². The van der Waals surface area contributed by atoms with Crippen LogP contribution in [-0.2, 0) is 0 Å². The summed E-state index contributed by atoms with van der Waals surface area (Å²) in [4.78, 5) is 0. The van der Waals surface area contributed by atoms with E-state index < -0.39 is 0 Å². The Morgan fingerprint density at radius 1 is 1.33 bits per heavy atom. The van der Waals surface area contributed by atoms with Crippen molar-refractivity contribution in [2.24, 2.45) is 0 Å². The molecule has 0 radical (unpaired) electrons. The van der Waals surface area contributed by atoms with Crippen LogP contribution in [0.2, 0.25) is 0 Å². The molecule has 0 saturated carbocycles. The summed E-state index contributed by atoms with van der Waals surface area (Å²) in [5.74, 6) is -0.0584. The molecule has 0 aliphatic heterocycles. The van der Waals surface area contributed by atoms with Gasteiger partial charge >= 0.3 is 0 Å². The van der Waals surface area contributed by atoms with Gasteiger partial charge < -0.3 is 5.32 Å². The first-order chi connectivity index (χ1) is 7.20. The number of nitrogens with one attached hydrogen (secondary N) is 1. The van der Waals surface area contributed by atoms with Crippen LogP contribution in [0, 0.1) is 12.7 Å². The first kappa shape index (κ1) is 12.2. The van der Waals surface area contributed by atoms with E-state index >= 15 is 0 Å². The molecule has 1 atom stereocenters. The molecule has 0 heterocycles. The summed E-state index contributed by atoms with van der Waals surface area (Å²) >= 11 is 0. The van der Waals surface area contributed by atoms with Crippen LogP contribution in [-0.4, -0.2) is 6.54 Å². The van der Waals surface area contributed by atoms with E-state index in [9.17, 15) is 4.39 Å².